The maximum Gasteiger partial charge on any atom is 0.251 e. The number of benzene rings is 2. The van der Waals surface area contributed by atoms with E-state index in [-0.39, 0.29) is 18.4 Å². The van der Waals surface area contributed by atoms with Crippen molar-refractivity contribution in [3.63, 3.8) is 0 Å². The number of carbonyl (C=O) groups excluding carboxylic acids is 2. The molecule has 0 aliphatic carbocycles. The lowest BCUT2D eigenvalue weighted by atomic mass is 10.2. The Balaban J connectivity index is 1.46. The Kier molecular flexibility index (Phi) is 6.19. The highest BCUT2D eigenvalue weighted by Crippen LogP contribution is 2.20. The third-order valence-corrected chi connectivity index (χ3v) is 4.83. The number of methoxy groups -OCH3 is 1. The highest BCUT2D eigenvalue weighted by atomic mass is 35.5. The van der Waals surface area contributed by atoms with Gasteiger partial charge in [0.25, 0.3) is 5.91 Å². The van der Waals surface area contributed by atoms with Crippen molar-refractivity contribution in [2.45, 2.75) is 0 Å². The number of ether oxygens (including phenoxy) is 1. The van der Waals surface area contributed by atoms with E-state index in [1.54, 1.807) is 36.3 Å². The topological polar surface area (TPSA) is 61.9 Å². The zero-order valence-electron chi connectivity index (χ0n) is 15.2. The van der Waals surface area contributed by atoms with E-state index >= 15 is 0 Å². The van der Waals surface area contributed by atoms with E-state index in [0.717, 1.165) is 24.5 Å². The molecule has 2 amide bonds. The van der Waals surface area contributed by atoms with Crippen LogP contribution >= 0.6 is 11.6 Å². The number of nitrogens with one attached hydrogen (secondary N) is 1. The van der Waals surface area contributed by atoms with Crippen LogP contribution in [-0.2, 0) is 4.79 Å². The molecule has 0 bridgehead atoms. The Morgan fingerprint density at radius 1 is 1.00 bits per heavy atom. The van der Waals surface area contributed by atoms with Crippen molar-refractivity contribution in [1.29, 1.82) is 0 Å². The van der Waals surface area contributed by atoms with Gasteiger partial charge in [0.1, 0.15) is 5.75 Å². The Labute approximate surface area is 163 Å². The molecule has 0 saturated carbocycles. The van der Waals surface area contributed by atoms with Crippen molar-refractivity contribution < 1.29 is 14.3 Å². The summed E-state index contributed by atoms with van der Waals surface area (Å²) in [6.45, 7) is 2.75. The van der Waals surface area contributed by atoms with Gasteiger partial charge in [0.05, 0.1) is 13.7 Å². The van der Waals surface area contributed by atoms with Gasteiger partial charge in [0.15, 0.2) is 0 Å². The lowest BCUT2D eigenvalue weighted by Crippen LogP contribution is -2.51. The average molecular weight is 388 g/mol. The summed E-state index contributed by atoms with van der Waals surface area (Å²) in [5, 5.41) is 3.24. The van der Waals surface area contributed by atoms with E-state index in [0.29, 0.717) is 23.7 Å². The molecule has 142 valence electrons. The van der Waals surface area contributed by atoms with E-state index in [4.69, 9.17) is 16.3 Å². The molecule has 2 aromatic rings. The predicted molar refractivity (Wildman–Crippen MR) is 106 cm³/mol. The summed E-state index contributed by atoms with van der Waals surface area (Å²) in [6.07, 6.45) is 0. The van der Waals surface area contributed by atoms with Gasteiger partial charge in [-0.2, -0.15) is 0 Å². The van der Waals surface area contributed by atoms with Crippen molar-refractivity contribution in [2.24, 2.45) is 0 Å². The van der Waals surface area contributed by atoms with E-state index in [9.17, 15) is 9.59 Å². The molecule has 1 aliphatic heterocycles. The summed E-state index contributed by atoms with van der Waals surface area (Å²) < 4.78 is 5.18. The van der Waals surface area contributed by atoms with Crippen LogP contribution in [0.4, 0.5) is 5.69 Å². The van der Waals surface area contributed by atoms with Crippen LogP contribution in [0.25, 0.3) is 0 Å². The summed E-state index contributed by atoms with van der Waals surface area (Å²) in [7, 11) is 1.64. The largest absolute Gasteiger partial charge is 0.497 e. The molecular formula is C20H22ClN3O3. The van der Waals surface area contributed by atoms with Crippen molar-refractivity contribution in [3.8, 4) is 5.75 Å². The SMILES string of the molecule is COc1ccc(N2CCN(C(=O)CNC(=O)c3ccc(Cl)cc3)CC2)cc1. The number of piperazine rings is 1. The number of carbonyl (C=O) groups is 2. The first-order chi connectivity index (χ1) is 13.1. The molecule has 27 heavy (non-hydrogen) atoms. The number of nitrogens with zero attached hydrogens (tertiary/aromatic N) is 2. The summed E-state index contributed by atoms with van der Waals surface area (Å²) in [6, 6.07) is 14.5. The molecule has 1 saturated heterocycles. The number of amides is 2. The fourth-order valence-electron chi connectivity index (χ4n) is 2.98. The molecule has 0 spiro atoms. The van der Waals surface area contributed by atoms with Gasteiger partial charge >= 0.3 is 0 Å². The summed E-state index contributed by atoms with van der Waals surface area (Å²) >= 11 is 5.81. The van der Waals surface area contributed by atoms with E-state index in [2.05, 4.69) is 10.2 Å². The van der Waals surface area contributed by atoms with Gasteiger partial charge in [-0.3, -0.25) is 9.59 Å². The molecule has 0 aromatic heterocycles. The summed E-state index contributed by atoms with van der Waals surface area (Å²) in [4.78, 5) is 28.5. The van der Waals surface area contributed by atoms with Crippen LogP contribution in [-0.4, -0.2) is 56.5 Å². The minimum Gasteiger partial charge on any atom is -0.497 e. The molecule has 1 heterocycles. The molecule has 1 fully saturated rings. The van der Waals surface area contributed by atoms with Gasteiger partial charge in [-0.25, -0.2) is 0 Å². The normalized spacial score (nSPS) is 14.0. The zero-order valence-corrected chi connectivity index (χ0v) is 15.9. The Morgan fingerprint density at radius 3 is 2.22 bits per heavy atom. The van der Waals surface area contributed by atoms with Gasteiger partial charge in [-0.15, -0.1) is 0 Å². The van der Waals surface area contributed by atoms with Crippen LogP contribution in [0.15, 0.2) is 48.5 Å². The second-order valence-electron chi connectivity index (χ2n) is 6.26. The average Bonchev–Trinajstić information content (AvgIpc) is 2.72. The Hall–Kier alpha value is -2.73. The maximum atomic E-state index is 12.4. The molecule has 6 nitrogen and oxygen atoms in total. The number of hydrogen-bond donors (Lipinski definition) is 1. The minimum atomic E-state index is -0.281. The van der Waals surface area contributed by atoms with E-state index in [1.165, 1.54) is 0 Å². The number of hydrogen-bond acceptors (Lipinski definition) is 4. The van der Waals surface area contributed by atoms with Gasteiger partial charge < -0.3 is 19.9 Å². The van der Waals surface area contributed by atoms with E-state index < -0.39 is 0 Å². The number of rotatable bonds is 5. The van der Waals surface area contributed by atoms with Crippen LogP contribution in [0.5, 0.6) is 5.75 Å². The highest BCUT2D eigenvalue weighted by molar-refractivity contribution is 6.30. The molecule has 0 radical (unpaired) electrons. The third-order valence-electron chi connectivity index (χ3n) is 4.58. The predicted octanol–water partition coefficient (Wildman–Crippen LogP) is 2.43. The Bertz CT molecular complexity index is 785. The highest BCUT2D eigenvalue weighted by Gasteiger charge is 2.21. The first kappa shape index (κ1) is 19.0. The fourth-order valence-corrected chi connectivity index (χ4v) is 3.10. The molecule has 0 unspecified atom stereocenters. The van der Waals surface area contributed by atoms with Gasteiger partial charge in [-0.1, -0.05) is 11.6 Å². The van der Waals surface area contributed by atoms with Gasteiger partial charge in [0, 0.05) is 42.5 Å². The van der Waals surface area contributed by atoms with Crippen LogP contribution < -0.4 is 15.0 Å². The summed E-state index contributed by atoms with van der Waals surface area (Å²) in [5.41, 5.74) is 1.59. The lowest BCUT2D eigenvalue weighted by molar-refractivity contribution is -0.130. The first-order valence-corrected chi connectivity index (χ1v) is 9.15. The van der Waals surface area contributed by atoms with Gasteiger partial charge in [0.2, 0.25) is 5.91 Å². The standard InChI is InChI=1S/C20H22ClN3O3/c1-27-18-8-6-17(7-9-18)23-10-12-24(13-11-23)19(25)14-22-20(26)15-2-4-16(21)5-3-15/h2-9H,10-14H2,1H3,(H,22,26). The van der Waals surface area contributed by atoms with Crippen LogP contribution in [0.2, 0.25) is 5.02 Å². The molecule has 2 aromatic carbocycles. The monoisotopic (exact) mass is 387 g/mol. The molecular weight excluding hydrogens is 366 g/mol. The molecule has 1 aliphatic rings. The zero-order chi connectivity index (χ0) is 19.2. The van der Waals surface area contributed by atoms with Crippen molar-refractivity contribution in [1.82, 2.24) is 10.2 Å². The number of halogens is 1. The van der Waals surface area contributed by atoms with Crippen molar-refractivity contribution in [2.75, 3.05) is 44.7 Å². The van der Waals surface area contributed by atoms with E-state index in [1.807, 2.05) is 24.3 Å². The molecule has 3 rings (SSSR count). The molecule has 0 atom stereocenters. The maximum absolute atomic E-state index is 12.4. The van der Waals surface area contributed by atoms with Crippen LogP contribution in [0, 0.1) is 0 Å². The number of anilines is 1. The lowest BCUT2D eigenvalue weighted by Gasteiger charge is -2.36. The van der Waals surface area contributed by atoms with Crippen LogP contribution in [0.1, 0.15) is 10.4 Å². The Morgan fingerprint density at radius 2 is 1.63 bits per heavy atom. The quantitative estimate of drug-likeness (QED) is 0.856. The first-order valence-electron chi connectivity index (χ1n) is 8.77. The van der Waals surface area contributed by atoms with Crippen LogP contribution in [0.3, 0.4) is 0 Å². The second kappa shape index (κ2) is 8.77. The molecule has 1 N–H and O–H groups in total. The fraction of sp³-hybridized carbons (Fsp3) is 0.300. The summed E-state index contributed by atoms with van der Waals surface area (Å²) in [5.74, 6) is 0.465. The van der Waals surface area contributed by atoms with Crippen molar-refractivity contribution >= 4 is 29.1 Å². The molecule has 7 heteroatoms. The minimum absolute atomic E-state index is 0.00993. The van der Waals surface area contributed by atoms with Gasteiger partial charge in [-0.05, 0) is 48.5 Å². The van der Waals surface area contributed by atoms with Crippen molar-refractivity contribution in [3.05, 3.63) is 59.1 Å². The third kappa shape index (κ3) is 4.92. The second-order valence-corrected chi connectivity index (χ2v) is 6.69. The smallest absolute Gasteiger partial charge is 0.251 e.